The maximum atomic E-state index is 12.0. The van der Waals surface area contributed by atoms with Crippen LogP contribution in [0.3, 0.4) is 0 Å². The van der Waals surface area contributed by atoms with E-state index in [1.54, 1.807) is 18.4 Å². The Hall–Kier alpha value is -2.15. The minimum atomic E-state index is 0.0165. The van der Waals surface area contributed by atoms with Gasteiger partial charge in [-0.05, 0) is 37.9 Å². The number of aryl methyl sites for hydroxylation is 1. The molecule has 0 radical (unpaired) electrons. The molecule has 3 heterocycles. The van der Waals surface area contributed by atoms with Crippen LogP contribution >= 0.6 is 0 Å². The van der Waals surface area contributed by atoms with Crippen molar-refractivity contribution in [2.45, 2.75) is 51.5 Å². The van der Waals surface area contributed by atoms with Gasteiger partial charge in [0, 0.05) is 32.0 Å². The first-order valence-corrected chi connectivity index (χ1v) is 9.13. The monoisotopic (exact) mass is 346 g/mol. The summed E-state index contributed by atoms with van der Waals surface area (Å²) < 4.78 is 10.4. The van der Waals surface area contributed by atoms with Gasteiger partial charge in [-0.2, -0.15) is 4.98 Å². The van der Waals surface area contributed by atoms with Crippen LogP contribution in [-0.4, -0.2) is 46.6 Å². The van der Waals surface area contributed by atoms with Crippen molar-refractivity contribution in [2.24, 2.45) is 0 Å². The molecule has 1 aliphatic rings. The number of hydrogen-bond acceptors (Lipinski definition) is 6. The van der Waals surface area contributed by atoms with Gasteiger partial charge >= 0.3 is 0 Å². The molecule has 136 valence electrons. The van der Waals surface area contributed by atoms with Gasteiger partial charge < -0.3 is 14.3 Å². The molecule has 1 amide bonds. The zero-order chi connectivity index (χ0) is 17.5. The van der Waals surface area contributed by atoms with E-state index < -0.39 is 0 Å². The third-order valence-electron chi connectivity index (χ3n) is 4.72. The second-order valence-electron chi connectivity index (χ2n) is 6.43. The Kier molecular flexibility index (Phi) is 6.22. The van der Waals surface area contributed by atoms with Crippen molar-refractivity contribution in [3.8, 4) is 11.6 Å². The van der Waals surface area contributed by atoms with Crippen LogP contribution < -0.4 is 5.32 Å². The second-order valence-corrected chi connectivity index (χ2v) is 6.43. The van der Waals surface area contributed by atoms with Gasteiger partial charge in [0.25, 0.3) is 0 Å². The molecule has 25 heavy (non-hydrogen) atoms. The maximum Gasteiger partial charge on any atom is 0.238 e. The van der Waals surface area contributed by atoms with Gasteiger partial charge in [0.05, 0.1) is 6.26 Å². The van der Waals surface area contributed by atoms with E-state index in [1.807, 2.05) is 0 Å². The first kappa shape index (κ1) is 17.7. The van der Waals surface area contributed by atoms with Crippen molar-refractivity contribution < 1.29 is 13.7 Å². The minimum absolute atomic E-state index is 0.0165. The molecule has 7 nitrogen and oxygen atoms in total. The van der Waals surface area contributed by atoms with Crippen LogP contribution in [-0.2, 0) is 11.2 Å². The fourth-order valence-corrected chi connectivity index (χ4v) is 3.33. The standard InChI is InChI=1S/C18H26N4O3/c1-2-14-6-3-4-11-22(14)12-10-19-16(23)8-9-17-20-18(21-25-17)15-7-5-13-24-15/h5,7,13-14H,2-4,6,8-12H2,1H3,(H,19,23). The molecule has 2 aromatic rings. The van der Waals surface area contributed by atoms with E-state index in [0.717, 1.165) is 13.1 Å². The largest absolute Gasteiger partial charge is 0.461 e. The van der Waals surface area contributed by atoms with Crippen molar-refractivity contribution in [1.82, 2.24) is 20.4 Å². The lowest BCUT2D eigenvalue weighted by Crippen LogP contribution is -2.43. The quantitative estimate of drug-likeness (QED) is 0.791. The van der Waals surface area contributed by atoms with Crippen molar-refractivity contribution >= 4 is 5.91 Å². The number of likely N-dealkylation sites (tertiary alicyclic amines) is 1. The number of nitrogens with one attached hydrogen (secondary N) is 1. The van der Waals surface area contributed by atoms with E-state index in [4.69, 9.17) is 8.94 Å². The van der Waals surface area contributed by atoms with Crippen molar-refractivity contribution in [2.75, 3.05) is 19.6 Å². The third-order valence-corrected chi connectivity index (χ3v) is 4.72. The van der Waals surface area contributed by atoms with Crippen LogP contribution in [0, 0.1) is 0 Å². The van der Waals surface area contributed by atoms with E-state index >= 15 is 0 Å². The Morgan fingerprint density at radius 3 is 3.16 bits per heavy atom. The van der Waals surface area contributed by atoms with Crippen LogP contribution in [0.25, 0.3) is 11.6 Å². The molecule has 0 bridgehead atoms. The van der Waals surface area contributed by atoms with E-state index in [2.05, 4.69) is 27.3 Å². The van der Waals surface area contributed by atoms with Gasteiger partial charge in [-0.15, -0.1) is 0 Å². The third kappa shape index (κ3) is 4.92. The highest BCUT2D eigenvalue weighted by atomic mass is 16.5. The molecule has 1 aliphatic heterocycles. The number of amides is 1. The van der Waals surface area contributed by atoms with Crippen molar-refractivity contribution in [3.63, 3.8) is 0 Å². The number of nitrogens with zero attached hydrogens (tertiary/aromatic N) is 3. The van der Waals surface area contributed by atoms with Crippen molar-refractivity contribution in [3.05, 3.63) is 24.3 Å². The molecule has 2 aromatic heterocycles. The molecule has 1 atom stereocenters. The Morgan fingerprint density at radius 1 is 1.44 bits per heavy atom. The first-order valence-electron chi connectivity index (χ1n) is 9.13. The lowest BCUT2D eigenvalue weighted by molar-refractivity contribution is -0.121. The SMILES string of the molecule is CCC1CCCCN1CCNC(=O)CCc1nc(-c2ccco2)no1. The molecule has 1 saturated heterocycles. The summed E-state index contributed by atoms with van der Waals surface area (Å²) in [5.41, 5.74) is 0. The summed E-state index contributed by atoms with van der Waals surface area (Å²) in [6, 6.07) is 4.21. The van der Waals surface area contributed by atoms with E-state index in [1.165, 1.54) is 25.7 Å². The number of carbonyl (C=O) groups is 1. The number of carbonyl (C=O) groups excluding carboxylic acids is 1. The molecule has 3 rings (SSSR count). The lowest BCUT2D eigenvalue weighted by atomic mass is 10.0. The summed E-state index contributed by atoms with van der Waals surface area (Å²) in [5, 5.41) is 6.85. The van der Waals surface area contributed by atoms with Gasteiger partial charge in [-0.25, -0.2) is 0 Å². The molecule has 0 aromatic carbocycles. The predicted octanol–water partition coefficient (Wildman–Crippen LogP) is 2.64. The summed E-state index contributed by atoms with van der Waals surface area (Å²) in [6.07, 6.45) is 7.38. The Labute approximate surface area is 147 Å². The summed E-state index contributed by atoms with van der Waals surface area (Å²) >= 11 is 0. The summed E-state index contributed by atoms with van der Waals surface area (Å²) in [4.78, 5) is 18.7. The second kappa shape index (κ2) is 8.80. The van der Waals surface area contributed by atoms with Gasteiger partial charge in [-0.3, -0.25) is 9.69 Å². The van der Waals surface area contributed by atoms with Crippen LogP contribution in [0.1, 0.15) is 44.9 Å². The fourth-order valence-electron chi connectivity index (χ4n) is 3.33. The highest BCUT2D eigenvalue weighted by Crippen LogP contribution is 2.18. The molecular weight excluding hydrogens is 320 g/mol. The number of aromatic nitrogens is 2. The van der Waals surface area contributed by atoms with Gasteiger partial charge in [0.2, 0.25) is 17.6 Å². The number of hydrogen-bond donors (Lipinski definition) is 1. The highest BCUT2D eigenvalue weighted by molar-refractivity contribution is 5.76. The van der Waals surface area contributed by atoms with Crippen LogP contribution in [0.4, 0.5) is 0 Å². The van der Waals surface area contributed by atoms with Crippen LogP contribution in [0.5, 0.6) is 0 Å². The van der Waals surface area contributed by atoms with Crippen LogP contribution in [0.15, 0.2) is 27.3 Å². The summed E-state index contributed by atoms with van der Waals surface area (Å²) in [5.74, 6) is 1.44. The molecule has 1 fully saturated rings. The van der Waals surface area contributed by atoms with Crippen molar-refractivity contribution in [1.29, 1.82) is 0 Å². The normalized spacial score (nSPS) is 18.4. The summed E-state index contributed by atoms with van der Waals surface area (Å²) in [6.45, 7) is 5.00. The Morgan fingerprint density at radius 2 is 2.36 bits per heavy atom. The smallest absolute Gasteiger partial charge is 0.238 e. The Balaban J connectivity index is 1.37. The van der Waals surface area contributed by atoms with E-state index in [0.29, 0.717) is 42.9 Å². The Bertz CT molecular complexity index is 653. The molecule has 7 heteroatoms. The predicted molar refractivity (Wildman–Crippen MR) is 92.8 cm³/mol. The van der Waals surface area contributed by atoms with E-state index in [9.17, 15) is 4.79 Å². The molecule has 0 saturated carbocycles. The number of furan rings is 1. The average Bonchev–Trinajstić information content (AvgIpc) is 3.32. The topological polar surface area (TPSA) is 84.4 Å². The van der Waals surface area contributed by atoms with Crippen LogP contribution in [0.2, 0.25) is 0 Å². The first-order chi connectivity index (χ1) is 12.3. The molecule has 0 aliphatic carbocycles. The molecule has 1 N–H and O–H groups in total. The van der Waals surface area contributed by atoms with Gasteiger partial charge in [-0.1, -0.05) is 18.5 Å². The molecular formula is C18H26N4O3. The zero-order valence-electron chi connectivity index (χ0n) is 14.7. The zero-order valence-corrected chi connectivity index (χ0v) is 14.7. The number of rotatable bonds is 8. The van der Waals surface area contributed by atoms with Gasteiger partial charge in [0.1, 0.15) is 0 Å². The average molecular weight is 346 g/mol. The van der Waals surface area contributed by atoms with E-state index in [-0.39, 0.29) is 5.91 Å². The maximum absolute atomic E-state index is 12.0. The molecule has 0 spiro atoms. The van der Waals surface area contributed by atoms with Gasteiger partial charge in [0.15, 0.2) is 5.76 Å². The lowest BCUT2D eigenvalue weighted by Gasteiger charge is -2.35. The summed E-state index contributed by atoms with van der Waals surface area (Å²) in [7, 11) is 0. The number of piperidine rings is 1. The highest BCUT2D eigenvalue weighted by Gasteiger charge is 2.20. The fraction of sp³-hybridized carbons (Fsp3) is 0.611. The minimum Gasteiger partial charge on any atom is -0.461 e. The molecule has 1 unspecified atom stereocenters.